The van der Waals surface area contributed by atoms with Gasteiger partial charge in [-0.2, -0.15) is 5.10 Å². The van der Waals surface area contributed by atoms with E-state index in [2.05, 4.69) is 10.5 Å². The molecule has 0 atom stereocenters. The van der Waals surface area contributed by atoms with Crippen LogP contribution < -0.4 is 25.4 Å². The van der Waals surface area contributed by atoms with E-state index in [9.17, 15) is 4.79 Å². The number of hydrogen-bond donors (Lipinski definition) is 2. The zero-order chi connectivity index (χ0) is 12.3. The molecule has 0 unspecified atom stereocenters. The van der Waals surface area contributed by atoms with Crippen LogP contribution in [0.1, 0.15) is 5.56 Å². The molecule has 2 rings (SSSR count). The Kier molecular flexibility index (Phi) is 2.99. The van der Waals surface area contributed by atoms with Gasteiger partial charge < -0.3 is 19.9 Å². The standard InChI is InChI=1S/C10H11N3O4/c1-15-7-2-6(4-12-13-10(11)14)3-8-9(7)17-5-16-8/h2-4H,5H2,1H3,(H3,11,13,14)/b12-4-. The molecule has 1 heterocycles. The number of hydrogen-bond acceptors (Lipinski definition) is 5. The predicted octanol–water partition coefficient (Wildman–Crippen LogP) is 0.426. The second-order valence-corrected chi connectivity index (χ2v) is 3.19. The SMILES string of the molecule is COc1cc(/C=N\NC(N)=O)cc2c1OCO2. The maximum Gasteiger partial charge on any atom is 0.332 e. The number of fused-ring (bicyclic) bond motifs is 1. The smallest absolute Gasteiger partial charge is 0.332 e. The van der Waals surface area contributed by atoms with Crippen LogP contribution >= 0.6 is 0 Å². The maximum atomic E-state index is 10.4. The molecule has 0 aromatic heterocycles. The van der Waals surface area contributed by atoms with Crippen LogP contribution in [0.4, 0.5) is 4.79 Å². The van der Waals surface area contributed by atoms with E-state index in [1.54, 1.807) is 12.1 Å². The minimum Gasteiger partial charge on any atom is -0.493 e. The highest BCUT2D eigenvalue weighted by molar-refractivity contribution is 5.83. The lowest BCUT2D eigenvalue weighted by atomic mass is 10.2. The summed E-state index contributed by atoms with van der Waals surface area (Å²) in [6.45, 7) is 0.159. The van der Waals surface area contributed by atoms with Gasteiger partial charge in [0.1, 0.15) is 0 Å². The van der Waals surface area contributed by atoms with Crippen LogP contribution in [0.25, 0.3) is 0 Å². The van der Waals surface area contributed by atoms with Gasteiger partial charge in [0, 0.05) is 5.56 Å². The highest BCUT2D eigenvalue weighted by atomic mass is 16.7. The second kappa shape index (κ2) is 4.60. The zero-order valence-corrected chi connectivity index (χ0v) is 9.10. The lowest BCUT2D eigenvalue weighted by molar-refractivity contribution is 0.171. The molecule has 0 radical (unpaired) electrons. The van der Waals surface area contributed by atoms with Crippen LogP contribution in [-0.2, 0) is 0 Å². The average molecular weight is 237 g/mol. The van der Waals surface area contributed by atoms with Crippen molar-refractivity contribution >= 4 is 12.2 Å². The number of nitrogens with two attached hydrogens (primary N) is 1. The predicted molar refractivity (Wildman–Crippen MR) is 59.4 cm³/mol. The van der Waals surface area contributed by atoms with Gasteiger partial charge in [-0.05, 0) is 12.1 Å². The molecule has 1 aromatic carbocycles. The summed E-state index contributed by atoms with van der Waals surface area (Å²) in [6, 6.07) is 2.70. The van der Waals surface area contributed by atoms with E-state index in [1.165, 1.54) is 13.3 Å². The second-order valence-electron chi connectivity index (χ2n) is 3.19. The molecule has 3 N–H and O–H groups in total. The Morgan fingerprint density at radius 2 is 2.41 bits per heavy atom. The van der Waals surface area contributed by atoms with Gasteiger partial charge in [0.25, 0.3) is 0 Å². The number of benzene rings is 1. The fourth-order valence-corrected chi connectivity index (χ4v) is 1.39. The van der Waals surface area contributed by atoms with E-state index in [0.29, 0.717) is 22.8 Å². The third kappa shape index (κ3) is 2.39. The Hall–Kier alpha value is -2.44. The number of ether oxygens (including phenoxy) is 3. The van der Waals surface area contributed by atoms with E-state index < -0.39 is 6.03 Å². The van der Waals surface area contributed by atoms with Crippen LogP contribution in [0, 0.1) is 0 Å². The van der Waals surface area contributed by atoms with E-state index in [0.717, 1.165) is 0 Å². The van der Waals surface area contributed by atoms with Gasteiger partial charge in [-0.15, -0.1) is 0 Å². The molecule has 17 heavy (non-hydrogen) atoms. The van der Waals surface area contributed by atoms with Gasteiger partial charge in [0.15, 0.2) is 11.5 Å². The first-order valence-electron chi connectivity index (χ1n) is 4.77. The quantitative estimate of drug-likeness (QED) is 0.588. The van der Waals surface area contributed by atoms with Gasteiger partial charge in [-0.25, -0.2) is 10.2 Å². The van der Waals surface area contributed by atoms with E-state index in [4.69, 9.17) is 19.9 Å². The third-order valence-electron chi connectivity index (χ3n) is 2.07. The first kappa shape index (κ1) is 11.1. The highest BCUT2D eigenvalue weighted by Crippen LogP contribution is 2.41. The number of primary amides is 1. The highest BCUT2D eigenvalue weighted by Gasteiger charge is 2.19. The molecule has 2 amide bonds. The van der Waals surface area contributed by atoms with Crippen molar-refractivity contribution in [3.8, 4) is 17.2 Å². The van der Waals surface area contributed by atoms with Crippen molar-refractivity contribution < 1.29 is 19.0 Å². The van der Waals surface area contributed by atoms with Crippen molar-refractivity contribution in [2.45, 2.75) is 0 Å². The number of hydrazone groups is 1. The lowest BCUT2D eigenvalue weighted by Crippen LogP contribution is -2.24. The molecule has 1 aromatic rings. The molecule has 7 nitrogen and oxygen atoms in total. The van der Waals surface area contributed by atoms with Crippen LogP contribution in [0.2, 0.25) is 0 Å². The Morgan fingerprint density at radius 3 is 3.12 bits per heavy atom. The van der Waals surface area contributed by atoms with Gasteiger partial charge in [0.2, 0.25) is 12.5 Å². The number of carbonyl (C=O) groups excluding carboxylic acids is 1. The molecule has 90 valence electrons. The molecule has 0 spiro atoms. The van der Waals surface area contributed by atoms with Gasteiger partial charge >= 0.3 is 6.03 Å². The number of carbonyl (C=O) groups is 1. The van der Waals surface area contributed by atoms with Crippen molar-refractivity contribution in [2.24, 2.45) is 10.8 Å². The summed E-state index contributed by atoms with van der Waals surface area (Å²) in [5, 5.41) is 3.64. The molecule has 0 fully saturated rings. The Balaban J connectivity index is 2.24. The Labute approximate surface area is 97.1 Å². The molecule has 0 saturated carbocycles. The normalized spacial score (nSPS) is 12.8. The Bertz CT molecular complexity index is 473. The summed E-state index contributed by atoms with van der Waals surface area (Å²) in [5.41, 5.74) is 7.66. The third-order valence-corrected chi connectivity index (χ3v) is 2.07. The topological polar surface area (TPSA) is 95.2 Å². The molecule has 0 aliphatic carbocycles. The zero-order valence-electron chi connectivity index (χ0n) is 9.10. The minimum atomic E-state index is -0.728. The molecule has 1 aliphatic heterocycles. The number of urea groups is 1. The fraction of sp³-hybridized carbons (Fsp3) is 0.200. The molecule has 1 aliphatic rings. The van der Waals surface area contributed by atoms with Gasteiger partial charge in [-0.1, -0.05) is 0 Å². The van der Waals surface area contributed by atoms with E-state index >= 15 is 0 Å². The molecule has 0 bridgehead atoms. The van der Waals surface area contributed by atoms with Crippen molar-refractivity contribution in [2.75, 3.05) is 13.9 Å². The number of nitrogens with one attached hydrogen (secondary N) is 1. The summed E-state index contributed by atoms with van der Waals surface area (Å²) in [6.07, 6.45) is 1.43. The summed E-state index contributed by atoms with van der Waals surface area (Å²) in [7, 11) is 1.53. The number of nitrogens with zero attached hydrogens (tertiary/aromatic N) is 1. The van der Waals surface area contributed by atoms with Crippen LogP contribution in [0.5, 0.6) is 17.2 Å². The maximum absolute atomic E-state index is 10.4. The summed E-state index contributed by atoms with van der Waals surface area (Å²) in [4.78, 5) is 10.4. The van der Waals surface area contributed by atoms with Crippen LogP contribution in [0.15, 0.2) is 17.2 Å². The van der Waals surface area contributed by atoms with E-state index in [-0.39, 0.29) is 6.79 Å². The van der Waals surface area contributed by atoms with Crippen molar-refractivity contribution in [3.05, 3.63) is 17.7 Å². The minimum absolute atomic E-state index is 0.159. The van der Waals surface area contributed by atoms with E-state index in [1.807, 2.05) is 0 Å². The largest absolute Gasteiger partial charge is 0.493 e. The number of amides is 2. The number of methoxy groups -OCH3 is 1. The lowest BCUT2D eigenvalue weighted by Gasteiger charge is -2.05. The molecular formula is C10H11N3O4. The molecular weight excluding hydrogens is 226 g/mol. The van der Waals surface area contributed by atoms with Crippen LogP contribution in [0.3, 0.4) is 0 Å². The molecule has 7 heteroatoms. The van der Waals surface area contributed by atoms with Gasteiger partial charge in [0.05, 0.1) is 13.3 Å². The monoisotopic (exact) mass is 237 g/mol. The fourth-order valence-electron chi connectivity index (χ4n) is 1.39. The first-order chi connectivity index (χ1) is 8.20. The van der Waals surface area contributed by atoms with Crippen molar-refractivity contribution in [1.29, 1.82) is 0 Å². The molecule has 0 saturated heterocycles. The van der Waals surface area contributed by atoms with Crippen LogP contribution in [-0.4, -0.2) is 26.1 Å². The first-order valence-corrected chi connectivity index (χ1v) is 4.77. The van der Waals surface area contributed by atoms with Crippen molar-refractivity contribution in [3.63, 3.8) is 0 Å². The van der Waals surface area contributed by atoms with Gasteiger partial charge in [-0.3, -0.25) is 0 Å². The number of rotatable bonds is 3. The average Bonchev–Trinajstić information content (AvgIpc) is 2.75. The van der Waals surface area contributed by atoms with Crippen molar-refractivity contribution in [1.82, 2.24) is 5.43 Å². The summed E-state index contributed by atoms with van der Waals surface area (Å²) < 4.78 is 15.6. The Morgan fingerprint density at radius 1 is 1.59 bits per heavy atom. The summed E-state index contributed by atoms with van der Waals surface area (Å²) in [5.74, 6) is 1.68. The summed E-state index contributed by atoms with van der Waals surface area (Å²) >= 11 is 0.